The van der Waals surface area contributed by atoms with E-state index in [1.807, 2.05) is 140 Å². The summed E-state index contributed by atoms with van der Waals surface area (Å²) in [5.74, 6) is -3.75. The number of amides is 2. The van der Waals surface area contributed by atoms with E-state index in [2.05, 4.69) is 10.6 Å². The second kappa shape index (κ2) is 23.3. The average Bonchev–Trinajstić information content (AvgIpc) is 3.66. The van der Waals surface area contributed by atoms with Crippen molar-refractivity contribution < 1.29 is 61.9 Å². The van der Waals surface area contributed by atoms with Gasteiger partial charge in [-0.3, -0.25) is 24.0 Å². The van der Waals surface area contributed by atoms with Gasteiger partial charge in [-0.25, -0.2) is 4.79 Å². The quantitative estimate of drug-likeness (QED) is 0.0379. The number of nitrogens with one attached hydrogen (secondary N) is 2. The predicted octanol–water partition coefficient (Wildman–Crippen LogP) is 6.83. The molecule has 0 spiro atoms. The van der Waals surface area contributed by atoms with Crippen molar-refractivity contribution >= 4 is 47.6 Å². The van der Waals surface area contributed by atoms with E-state index in [0.717, 1.165) is 59.7 Å². The molecule has 360 valence electrons. The zero-order valence-corrected chi connectivity index (χ0v) is 39.4. The summed E-state index contributed by atoms with van der Waals surface area (Å²) in [7, 11) is 0. The highest BCUT2D eigenvalue weighted by molar-refractivity contribution is 8.00. The highest BCUT2D eigenvalue weighted by atomic mass is 32.2. The highest BCUT2D eigenvalue weighted by Gasteiger charge is 2.53. The van der Waals surface area contributed by atoms with Crippen molar-refractivity contribution in [3.05, 3.63) is 167 Å². The minimum absolute atomic E-state index is 0.0210. The van der Waals surface area contributed by atoms with E-state index in [1.165, 1.54) is 18.7 Å². The summed E-state index contributed by atoms with van der Waals surface area (Å²) < 4.78 is 38.9. The van der Waals surface area contributed by atoms with Crippen LogP contribution >= 0.6 is 11.8 Å². The van der Waals surface area contributed by atoms with Crippen LogP contribution in [0.1, 0.15) is 61.4 Å². The molecule has 7 rings (SSSR count). The van der Waals surface area contributed by atoms with Crippen LogP contribution in [0.5, 0.6) is 0 Å². The molecule has 1 aliphatic carbocycles. The van der Waals surface area contributed by atoms with Crippen LogP contribution in [-0.4, -0.2) is 105 Å². The number of thioether (sulfide) groups is 1. The Morgan fingerprint density at radius 2 is 1.06 bits per heavy atom. The van der Waals surface area contributed by atoms with Crippen LogP contribution in [-0.2, 0) is 61.9 Å². The van der Waals surface area contributed by atoms with Gasteiger partial charge < -0.3 is 43.8 Å². The van der Waals surface area contributed by atoms with Crippen LogP contribution in [0.4, 0.5) is 4.79 Å². The van der Waals surface area contributed by atoms with Gasteiger partial charge in [0.15, 0.2) is 24.6 Å². The lowest BCUT2D eigenvalue weighted by atomic mass is 9.84. The van der Waals surface area contributed by atoms with Crippen molar-refractivity contribution in [3.63, 3.8) is 0 Å². The lowest BCUT2D eigenvalue weighted by molar-refractivity contribution is -0.307. The third-order valence-electron chi connectivity index (χ3n) is 11.6. The standard InChI is InChI=1S/C53H54N2O13S/c1-33(56)63-31-46-47(65-34(2)57)48(66-35(3)58)49(67-36(4)59)51(68-46)62-29-28-54-50(60)45(55-52(61)64-30-44-42-26-16-14-24-40(42)41-25-15-17-27-43(41)44)32-69-53(37-18-8-5-9-19-37,38-20-10-6-11-21-38)39-22-12-7-13-23-39/h5-27,44-49,51H,28-32H2,1-4H3,(H,54,60)(H,55,61)/t45-,46+,47+,48-,49-,51-/m0/s1. The molecule has 69 heavy (non-hydrogen) atoms. The summed E-state index contributed by atoms with van der Waals surface area (Å²) in [6.45, 7) is 3.71. The van der Waals surface area contributed by atoms with E-state index >= 15 is 0 Å². The number of alkyl carbamates (subject to hydrolysis) is 1. The molecule has 0 bridgehead atoms. The first-order valence-electron chi connectivity index (χ1n) is 22.5. The minimum Gasteiger partial charge on any atom is -0.463 e. The van der Waals surface area contributed by atoms with Crippen LogP contribution in [0, 0.1) is 0 Å². The fraction of sp³-hybridized carbons (Fsp3) is 0.321. The van der Waals surface area contributed by atoms with E-state index in [0.29, 0.717) is 0 Å². The van der Waals surface area contributed by atoms with Crippen molar-refractivity contribution in [3.8, 4) is 11.1 Å². The molecule has 1 fully saturated rings. The number of carbonyl (C=O) groups excluding carboxylic acids is 6. The Hall–Kier alpha value is -7.01. The summed E-state index contributed by atoms with van der Waals surface area (Å²) in [5, 5.41) is 5.72. The molecule has 1 aliphatic heterocycles. The second-order valence-corrected chi connectivity index (χ2v) is 17.6. The van der Waals surface area contributed by atoms with Crippen LogP contribution in [0.25, 0.3) is 11.1 Å². The number of ether oxygens (including phenoxy) is 7. The van der Waals surface area contributed by atoms with Crippen LogP contribution < -0.4 is 10.6 Å². The Morgan fingerprint density at radius 3 is 1.57 bits per heavy atom. The Kier molecular flexibility index (Phi) is 16.9. The van der Waals surface area contributed by atoms with Crippen molar-refractivity contribution in [2.45, 2.75) is 75.1 Å². The fourth-order valence-corrected chi connectivity index (χ4v) is 10.3. The molecule has 0 aromatic heterocycles. The molecule has 6 atom stereocenters. The number of hydrogen-bond donors (Lipinski definition) is 2. The van der Waals surface area contributed by atoms with Crippen LogP contribution in [0.2, 0.25) is 0 Å². The summed E-state index contributed by atoms with van der Waals surface area (Å²) >= 11 is 1.47. The summed E-state index contributed by atoms with van der Waals surface area (Å²) in [6.07, 6.45) is -7.75. The van der Waals surface area contributed by atoms with Gasteiger partial charge in [0, 0.05) is 45.9 Å². The molecule has 15 nitrogen and oxygen atoms in total. The van der Waals surface area contributed by atoms with Gasteiger partial charge >= 0.3 is 30.0 Å². The van der Waals surface area contributed by atoms with Crippen molar-refractivity contribution in [1.82, 2.24) is 10.6 Å². The van der Waals surface area contributed by atoms with Gasteiger partial charge in [-0.15, -0.1) is 11.8 Å². The first-order valence-corrected chi connectivity index (χ1v) is 23.5. The molecular weight excluding hydrogens is 905 g/mol. The van der Waals surface area contributed by atoms with E-state index in [9.17, 15) is 28.8 Å². The first-order chi connectivity index (χ1) is 33.3. The molecule has 16 heteroatoms. The van der Waals surface area contributed by atoms with E-state index in [4.69, 9.17) is 33.2 Å². The van der Waals surface area contributed by atoms with Gasteiger partial charge in [-0.05, 0) is 38.9 Å². The van der Waals surface area contributed by atoms with Crippen LogP contribution in [0.3, 0.4) is 0 Å². The third kappa shape index (κ3) is 12.2. The molecule has 5 aromatic carbocycles. The molecule has 0 saturated carbocycles. The third-order valence-corrected chi connectivity index (χ3v) is 13.2. The monoisotopic (exact) mass is 958 g/mol. The Balaban J connectivity index is 1.13. The van der Waals surface area contributed by atoms with E-state index in [-0.39, 0.29) is 31.4 Å². The van der Waals surface area contributed by atoms with Crippen molar-refractivity contribution in [2.24, 2.45) is 0 Å². The zero-order valence-electron chi connectivity index (χ0n) is 38.6. The van der Waals surface area contributed by atoms with E-state index in [1.54, 1.807) is 0 Å². The van der Waals surface area contributed by atoms with E-state index < -0.39 is 84.0 Å². The molecule has 2 amide bonds. The topological polar surface area (TPSA) is 191 Å². The Labute approximate surface area is 404 Å². The Morgan fingerprint density at radius 1 is 0.580 bits per heavy atom. The Bertz CT molecular complexity index is 2440. The number of carbonyl (C=O) groups is 6. The van der Waals surface area contributed by atoms with Gasteiger partial charge in [0.1, 0.15) is 25.4 Å². The summed E-state index contributed by atoms with van der Waals surface area (Å²) in [6, 6.07) is 44.6. The molecule has 2 aliphatic rings. The molecule has 1 saturated heterocycles. The maximum Gasteiger partial charge on any atom is 0.407 e. The number of rotatable bonds is 19. The molecular formula is C53H54N2O13S. The molecule has 0 unspecified atom stereocenters. The largest absolute Gasteiger partial charge is 0.463 e. The fourth-order valence-electron chi connectivity index (χ4n) is 8.74. The maximum atomic E-state index is 14.5. The molecule has 5 aromatic rings. The number of esters is 4. The maximum absolute atomic E-state index is 14.5. The first kappa shape index (κ1) is 49.9. The van der Waals surface area contributed by atoms with Gasteiger partial charge in [-0.2, -0.15) is 0 Å². The molecule has 2 N–H and O–H groups in total. The second-order valence-electron chi connectivity index (χ2n) is 16.3. The van der Waals surface area contributed by atoms with Crippen LogP contribution in [0.15, 0.2) is 140 Å². The summed E-state index contributed by atoms with van der Waals surface area (Å²) in [5.41, 5.74) is 7.06. The molecule has 1 heterocycles. The normalized spacial score (nSPS) is 18.9. The number of fused-ring (bicyclic) bond motifs is 3. The van der Waals surface area contributed by atoms with Gasteiger partial charge in [-0.1, -0.05) is 140 Å². The zero-order chi connectivity index (χ0) is 48.9. The lowest BCUT2D eigenvalue weighted by Gasteiger charge is -2.44. The number of hydrogen-bond acceptors (Lipinski definition) is 14. The smallest absolute Gasteiger partial charge is 0.407 e. The van der Waals surface area contributed by atoms with Gasteiger partial charge in [0.05, 0.1) is 11.4 Å². The van der Waals surface area contributed by atoms with Gasteiger partial charge in [0.25, 0.3) is 0 Å². The number of benzene rings is 5. The van der Waals surface area contributed by atoms with Crippen molar-refractivity contribution in [2.75, 3.05) is 32.1 Å². The molecule has 0 radical (unpaired) electrons. The van der Waals surface area contributed by atoms with Crippen molar-refractivity contribution in [1.29, 1.82) is 0 Å². The average molecular weight is 959 g/mol. The van der Waals surface area contributed by atoms with Gasteiger partial charge in [0.2, 0.25) is 5.91 Å². The predicted molar refractivity (Wildman–Crippen MR) is 255 cm³/mol. The lowest BCUT2D eigenvalue weighted by Crippen LogP contribution is -2.63. The summed E-state index contributed by atoms with van der Waals surface area (Å²) in [4.78, 5) is 77.2. The minimum atomic E-state index is -1.46. The highest BCUT2D eigenvalue weighted by Crippen LogP contribution is 2.49. The SMILES string of the molecule is CC(=O)OC[C@H]1O[C@H](OCCNC(=O)[C@H](CSC(c2ccccc2)(c2ccccc2)c2ccccc2)NC(=O)OCC2c3ccccc3-c3ccccc32)[C@@H](OC(C)=O)[C@@H](OC(C)=O)[C@@H]1OC(C)=O.